The van der Waals surface area contributed by atoms with Crippen LogP contribution < -0.4 is 5.32 Å². The number of benzene rings is 1. The second kappa shape index (κ2) is 7.02. The number of nitrogens with zero attached hydrogens (tertiary/aromatic N) is 1. The molecule has 2 amide bonds. The van der Waals surface area contributed by atoms with Crippen molar-refractivity contribution in [3.05, 3.63) is 48.3 Å². The first-order valence-electron chi connectivity index (χ1n) is 7.01. The standard InChI is InChI=1S/C16H19FN2O2/c1-2-9-18-16(21)13-7-8-15(20)19(11-13)10-12-5-3-4-6-14(12)17/h2-6,13H,1,7-11H2,(H,18,21)/t13-/m1/s1. The molecule has 0 spiro atoms. The monoisotopic (exact) mass is 290 g/mol. The molecule has 1 heterocycles. The normalized spacial score (nSPS) is 18.4. The van der Waals surface area contributed by atoms with E-state index in [-0.39, 0.29) is 30.1 Å². The number of halogens is 1. The fourth-order valence-electron chi connectivity index (χ4n) is 2.43. The number of hydrogen-bond donors (Lipinski definition) is 1. The van der Waals surface area contributed by atoms with Crippen LogP contribution in [0.5, 0.6) is 0 Å². The molecule has 1 aromatic carbocycles. The quantitative estimate of drug-likeness (QED) is 0.842. The Labute approximate surface area is 123 Å². The lowest BCUT2D eigenvalue weighted by Gasteiger charge is -2.32. The fraction of sp³-hybridized carbons (Fsp3) is 0.375. The van der Waals surface area contributed by atoms with Crippen molar-refractivity contribution in [3.63, 3.8) is 0 Å². The Hall–Kier alpha value is -2.17. The van der Waals surface area contributed by atoms with Gasteiger partial charge in [-0.05, 0) is 12.5 Å². The highest BCUT2D eigenvalue weighted by Gasteiger charge is 2.30. The van der Waals surface area contributed by atoms with Gasteiger partial charge in [-0.15, -0.1) is 6.58 Å². The lowest BCUT2D eigenvalue weighted by molar-refractivity contribution is -0.138. The summed E-state index contributed by atoms with van der Waals surface area (Å²) in [5.41, 5.74) is 0.470. The van der Waals surface area contributed by atoms with Crippen LogP contribution in [0.2, 0.25) is 0 Å². The zero-order chi connectivity index (χ0) is 15.2. The van der Waals surface area contributed by atoms with Gasteiger partial charge in [0.15, 0.2) is 0 Å². The molecule has 1 atom stereocenters. The van der Waals surface area contributed by atoms with Crippen molar-refractivity contribution in [1.29, 1.82) is 0 Å². The van der Waals surface area contributed by atoms with Crippen LogP contribution in [0, 0.1) is 11.7 Å². The van der Waals surface area contributed by atoms with Gasteiger partial charge < -0.3 is 10.2 Å². The highest BCUT2D eigenvalue weighted by atomic mass is 19.1. The topological polar surface area (TPSA) is 49.4 Å². The molecule has 0 radical (unpaired) electrons. The van der Waals surface area contributed by atoms with Gasteiger partial charge in [-0.1, -0.05) is 24.3 Å². The van der Waals surface area contributed by atoms with Crippen molar-refractivity contribution in [2.45, 2.75) is 19.4 Å². The minimum atomic E-state index is -0.330. The van der Waals surface area contributed by atoms with E-state index in [0.717, 1.165) is 0 Å². The van der Waals surface area contributed by atoms with Crippen LogP contribution in [0.1, 0.15) is 18.4 Å². The Kier molecular flexibility index (Phi) is 5.09. The maximum absolute atomic E-state index is 13.7. The third-order valence-electron chi connectivity index (χ3n) is 3.61. The van der Waals surface area contributed by atoms with Crippen molar-refractivity contribution in [3.8, 4) is 0 Å². The summed E-state index contributed by atoms with van der Waals surface area (Å²) in [6.45, 7) is 4.50. The summed E-state index contributed by atoms with van der Waals surface area (Å²) in [6.07, 6.45) is 2.47. The molecule has 0 saturated carbocycles. The predicted molar refractivity (Wildman–Crippen MR) is 77.7 cm³/mol. The Morgan fingerprint density at radius 2 is 2.24 bits per heavy atom. The molecule has 0 aliphatic carbocycles. The van der Waals surface area contributed by atoms with E-state index in [1.54, 1.807) is 29.2 Å². The number of nitrogens with one attached hydrogen (secondary N) is 1. The van der Waals surface area contributed by atoms with Gasteiger partial charge in [0, 0.05) is 31.6 Å². The molecule has 4 nitrogen and oxygen atoms in total. The van der Waals surface area contributed by atoms with E-state index in [0.29, 0.717) is 31.5 Å². The molecule has 0 unspecified atom stereocenters. The average molecular weight is 290 g/mol. The highest BCUT2D eigenvalue weighted by molar-refractivity contribution is 5.83. The van der Waals surface area contributed by atoms with Crippen molar-refractivity contribution in [2.75, 3.05) is 13.1 Å². The van der Waals surface area contributed by atoms with Crippen molar-refractivity contribution >= 4 is 11.8 Å². The van der Waals surface area contributed by atoms with Gasteiger partial charge in [0.2, 0.25) is 11.8 Å². The highest BCUT2D eigenvalue weighted by Crippen LogP contribution is 2.20. The second-order valence-corrected chi connectivity index (χ2v) is 5.14. The number of rotatable bonds is 5. The predicted octanol–water partition coefficient (Wildman–Crippen LogP) is 1.87. The lowest BCUT2D eigenvalue weighted by atomic mass is 9.96. The number of hydrogen-bond acceptors (Lipinski definition) is 2. The van der Waals surface area contributed by atoms with Gasteiger partial charge in [-0.25, -0.2) is 4.39 Å². The van der Waals surface area contributed by atoms with Crippen molar-refractivity contribution in [1.82, 2.24) is 10.2 Å². The summed E-state index contributed by atoms with van der Waals surface area (Å²) in [7, 11) is 0. The Morgan fingerprint density at radius 1 is 1.48 bits per heavy atom. The molecule has 21 heavy (non-hydrogen) atoms. The molecule has 1 aliphatic rings. The molecule has 0 bridgehead atoms. The molecular weight excluding hydrogens is 271 g/mol. The molecular formula is C16H19FN2O2. The molecule has 5 heteroatoms. The van der Waals surface area contributed by atoms with Gasteiger partial charge in [-0.2, -0.15) is 0 Å². The summed E-state index contributed by atoms with van der Waals surface area (Å²) in [4.78, 5) is 25.5. The van der Waals surface area contributed by atoms with Gasteiger partial charge in [-0.3, -0.25) is 9.59 Å². The van der Waals surface area contributed by atoms with Gasteiger partial charge in [0.1, 0.15) is 5.82 Å². The van der Waals surface area contributed by atoms with Crippen LogP contribution >= 0.6 is 0 Å². The molecule has 1 N–H and O–H groups in total. The van der Waals surface area contributed by atoms with Crippen LogP contribution in [0.4, 0.5) is 4.39 Å². The SMILES string of the molecule is C=CCNC(=O)[C@@H]1CCC(=O)N(Cc2ccccc2F)C1. The van der Waals surface area contributed by atoms with E-state index in [2.05, 4.69) is 11.9 Å². The Morgan fingerprint density at radius 3 is 2.95 bits per heavy atom. The maximum atomic E-state index is 13.7. The third-order valence-corrected chi connectivity index (χ3v) is 3.61. The summed E-state index contributed by atoms with van der Waals surface area (Å²) >= 11 is 0. The number of piperidine rings is 1. The number of carbonyl (C=O) groups is 2. The first-order chi connectivity index (χ1) is 10.1. The van der Waals surface area contributed by atoms with Crippen LogP contribution in [0.25, 0.3) is 0 Å². The average Bonchev–Trinajstić information content (AvgIpc) is 2.49. The summed E-state index contributed by atoms with van der Waals surface area (Å²) in [5.74, 6) is -0.690. The maximum Gasteiger partial charge on any atom is 0.225 e. The Balaban J connectivity index is 2.01. The smallest absolute Gasteiger partial charge is 0.225 e. The molecule has 1 aliphatic heterocycles. The van der Waals surface area contributed by atoms with Crippen molar-refractivity contribution < 1.29 is 14.0 Å². The number of likely N-dealkylation sites (tertiary alicyclic amines) is 1. The lowest BCUT2D eigenvalue weighted by Crippen LogP contribution is -2.45. The molecule has 0 aromatic heterocycles. The fourth-order valence-corrected chi connectivity index (χ4v) is 2.43. The zero-order valence-corrected chi connectivity index (χ0v) is 11.8. The summed E-state index contributed by atoms with van der Waals surface area (Å²) < 4.78 is 13.7. The third kappa shape index (κ3) is 3.90. The van der Waals surface area contributed by atoms with Crippen LogP contribution in [-0.4, -0.2) is 29.8 Å². The van der Waals surface area contributed by atoms with E-state index in [9.17, 15) is 14.0 Å². The molecule has 1 fully saturated rings. The first kappa shape index (κ1) is 15.2. The molecule has 112 valence electrons. The Bertz CT molecular complexity index is 545. The largest absolute Gasteiger partial charge is 0.352 e. The van der Waals surface area contributed by atoms with E-state index in [1.165, 1.54) is 6.07 Å². The first-order valence-corrected chi connectivity index (χ1v) is 7.01. The minimum absolute atomic E-state index is 0.0361. The number of amides is 2. The van der Waals surface area contributed by atoms with E-state index in [1.807, 2.05) is 0 Å². The van der Waals surface area contributed by atoms with Gasteiger partial charge >= 0.3 is 0 Å². The van der Waals surface area contributed by atoms with Gasteiger partial charge in [0.05, 0.1) is 5.92 Å². The molecule has 1 aromatic rings. The van der Waals surface area contributed by atoms with Gasteiger partial charge in [0.25, 0.3) is 0 Å². The van der Waals surface area contributed by atoms with Crippen LogP contribution in [-0.2, 0) is 16.1 Å². The van der Waals surface area contributed by atoms with E-state index in [4.69, 9.17) is 0 Å². The van der Waals surface area contributed by atoms with Crippen molar-refractivity contribution in [2.24, 2.45) is 5.92 Å². The van der Waals surface area contributed by atoms with E-state index >= 15 is 0 Å². The number of carbonyl (C=O) groups excluding carboxylic acids is 2. The molecule has 1 saturated heterocycles. The van der Waals surface area contributed by atoms with E-state index < -0.39 is 0 Å². The van der Waals surface area contributed by atoms with Crippen LogP contribution in [0.15, 0.2) is 36.9 Å². The second-order valence-electron chi connectivity index (χ2n) is 5.14. The van der Waals surface area contributed by atoms with Crippen LogP contribution in [0.3, 0.4) is 0 Å². The molecule has 2 rings (SSSR count). The minimum Gasteiger partial charge on any atom is -0.352 e. The summed E-state index contributed by atoms with van der Waals surface area (Å²) in [6, 6.07) is 6.38. The summed E-state index contributed by atoms with van der Waals surface area (Å²) in [5, 5.41) is 2.74. The zero-order valence-electron chi connectivity index (χ0n) is 11.8.